The third-order valence-corrected chi connectivity index (χ3v) is 6.45. The fourth-order valence-electron chi connectivity index (χ4n) is 4.55. The molecule has 0 aromatic heterocycles. The third-order valence-electron chi connectivity index (χ3n) is 6.45. The van der Waals surface area contributed by atoms with Crippen molar-refractivity contribution in [1.82, 2.24) is 10.2 Å². The van der Waals surface area contributed by atoms with Gasteiger partial charge in [0.15, 0.2) is 0 Å². The van der Waals surface area contributed by atoms with Crippen molar-refractivity contribution in [2.75, 3.05) is 6.54 Å². The SMILES string of the molecule is CCCC1CC(O)CC(=O)C(C)C(=O)NC(Cc2ccccc2)C(=O)N2CCC[C@H]2C(=O)O1. The molecule has 2 N–H and O–H groups in total. The Balaban J connectivity index is 1.91. The summed E-state index contributed by atoms with van der Waals surface area (Å²) in [6, 6.07) is 7.66. The van der Waals surface area contributed by atoms with Crippen LogP contribution in [0, 0.1) is 5.92 Å². The van der Waals surface area contributed by atoms with Crippen molar-refractivity contribution in [2.45, 2.75) is 83.1 Å². The van der Waals surface area contributed by atoms with E-state index in [-0.39, 0.29) is 25.2 Å². The van der Waals surface area contributed by atoms with Gasteiger partial charge in [-0.05, 0) is 31.7 Å². The van der Waals surface area contributed by atoms with Gasteiger partial charge in [-0.2, -0.15) is 0 Å². The van der Waals surface area contributed by atoms with Gasteiger partial charge >= 0.3 is 5.97 Å². The number of hydrogen-bond acceptors (Lipinski definition) is 6. The van der Waals surface area contributed by atoms with Crippen LogP contribution in [0.5, 0.6) is 0 Å². The number of esters is 1. The van der Waals surface area contributed by atoms with Gasteiger partial charge in [0.05, 0.1) is 12.0 Å². The number of Topliss-reactive ketones (excluding diaryl/α,β-unsaturated/α-hetero) is 1. The maximum Gasteiger partial charge on any atom is 0.329 e. The summed E-state index contributed by atoms with van der Waals surface area (Å²) in [5, 5.41) is 13.2. The van der Waals surface area contributed by atoms with Crippen molar-refractivity contribution in [2.24, 2.45) is 5.92 Å². The summed E-state index contributed by atoms with van der Waals surface area (Å²) in [4.78, 5) is 53.5. The lowest BCUT2D eigenvalue weighted by molar-refractivity contribution is -0.160. The molecule has 3 rings (SSSR count). The lowest BCUT2D eigenvalue weighted by atomic mass is 9.95. The summed E-state index contributed by atoms with van der Waals surface area (Å²) in [7, 11) is 0. The average molecular weight is 459 g/mol. The number of benzene rings is 1. The number of hydrogen-bond donors (Lipinski definition) is 2. The van der Waals surface area contributed by atoms with Gasteiger partial charge in [-0.25, -0.2) is 4.79 Å². The minimum Gasteiger partial charge on any atom is -0.461 e. The van der Waals surface area contributed by atoms with Gasteiger partial charge in [0.25, 0.3) is 0 Å². The Bertz CT molecular complexity index is 858. The van der Waals surface area contributed by atoms with Crippen LogP contribution in [0.2, 0.25) is 0 Å². The number of rotatable bonds is 4. The van der Waals surface area contributed by atoms with E-state index in [9.17, 15) is 24.3 Å². The molecule has 180 valence electrons. The molecule has 2 amide bonds. The molecule has 0 spiro atoms. The van der Waals surface area contributed by atoms with Crippen LogP contribution in [-0.4, -0.2) is 64.4 Å². The molecular weight excluding hydrogens is 424 g/mol. The van der Waals surface area contributed by atoms with E-state index in [4.69, 9.17) is 4.74 Å². The molecule has 5 atom stereocenters. The Morgan fingerprint density at radius 1 is 1.15 bits per heavy atom. The molecule has 0 bridgehead atoms. The zero-order valence-electron chi connectivity index (χ0n) is 19.4. The Hall–Kier alpha value is -2.74. The predicted molar refractivity (Wildman–Crippen MR) is 121 cm³/mol. The Kier molecular flexibility index (Phi) is 8.61. The molecule has 2 fully saturated rings. The van der Waals surface area contributed by atoms with E-state index in [0.717, 1.165) is 12.0 Å². The Labute approximate surface area is 194 Å². The lowest BCUT2D eigenvalue weighted by Gasteiger charge is -2.31. The third kappa shape index (κ3) is 6.41. The van der Waals surface area contributed by atoms with Gasteiger partial charge in [-0.1, -0.05) is 43.7 Å². The van der Waals surface area contributed by atoms with Gasteiger partial charge in [0.1, 0.15) is 24.0 Å². The number of ether oxygens (including phenoxy) is 1. The largest absolute Gasteiger partial charge is 0.461 e. The second-order valence-electron chi connectivity index (χ2n) is 9.07. The predicted octanol–water partition coefficient (Wildman–Crippen LogP) is 1.78. The topological polar surface area (TPSA) is 113 Å². The first kappa shape index (κ1) is 24.9. The molecule has 1 aromatic rings. The first-order chi connectivity index (χ1) is 15.8. The van der Waals surface area contributed by atoms with E-state index >= 15 is 0 Å². The lowest BCUT2D eigenvalue weighted by Crippen LogP contribution is -2.54. The summed E-state index contributed by atoms with van der Waals surface area (Å²) in [6.45, 7) is 3.83. The first-order valence-electron chi connectivity index (χ1n) is 11.9. The van der Waals surface area contributed by atoms with E-state index in [1.54, 1.807) is 0 Å². The van der Waals surface area contributed by atoms with Gasteiger partial charge in [0, 0.05) is 25.8 Å². The quantitative estimate of drug-likeness (QED) is 0.525. The fourth-order valence-corrected chi connectivity index (χ4v) is 4.55. The van der Waals surface area contributed by atoms with Crippen LogP contribution in [0.3, 0.4) is 0 Å². The number of aliphatic hydroxyl groups is 1. The molecular formula is C25H34N2O6. The van der Waals surface area contributed by atoms with Gasteiger partial charge in [-0.3, -0.25) is 14.4 Å². The van der Waals surface area contributed by atoms with Crippen molar-refractivity contribution in [1.29, 1.82) is 0 Å². The first-order valence-corrected chi connectivity index (χ1v) is 11.9. The van der Waals surface area contributed by atoms with E-state index in [1.807, 2.05) is 37.3 Å². The molecule has 2 heterocycles. The summed E-state index contributed by atoms with van der Waals surface area (Å²) in [5.41, 5.74) is 0.855. The number of aliphatic hydroxyl groups excluding tert-OH is 1. The molecule has 1 aromatic carbocycles. The molecule has 2 aliphatic heterocycles. The van der Waals surface area contributed by atoms with Gasteiger partial charge < -0.3 is 20.1 Å². The standard InChI is InChI=1S/C25H34N2O6/c1-3-8-19-14-18(28)15-22(29)16(2)23(30)26-20(13-17-9-5-4-6-10-17)24(31)27-12-7-11-21(27)25(32)33-19/h4-6,9-10,16,18-21,28H,3,7-8,11-15H2,1-2H3,(H,26,30)/t16?,18?,19?,20?,21-/m0/s1. The number of carbonyl (C=O) groups is 4. The van der Waals surface area contributed by atoms with E-state index < -0.39 is 47.9 Å². The smallest absolute Gasteiger partial charge is 0.329 e. The highest BCUT2D eigenvalue weighted by molar-refractivity contribution is 6.02. The maximum absolute atomic E-state index is 13.5. The van der Waals surface area contributed by atoms with Crippen LogP contribution >= 0.6 is 0 Å². The van der Waals surface area contributed by atoms with Crippen LogP contribution in [0.15, 0.2) is 30.3 Å². The molecule has 0 saturated carbocycles. The molecule has 0 aliphatic carbocycles. The fraction of sp³-hybridized carbons (Fsp3) is 0.600. The molecule has 0 radical (unpaired) electrons. The second kappa shape index (κ2) is 11.4. The van der Waals surface area contributed by atoms with Crippen LogP contribution < -0.4 is 5.32 Å². The molecule has 2 aliphatic rings. The number of cyclic esters (lactones) is 1. The van der Waals surface area contributed by atoms with Crippen molar-refractivity contribution in [3.8, 4) is 0 Å². The van der Waals surface area contributed by atoms with Crippen molar-refractivity contribution < 1.29 is 29.0 Å². The number of ketones is 1. The molecule has 33 heavy (non-hydrogen) atoms. The van der Waals surface area contributed by atoms with Gasteiger partial charge in [-0.15, -0.1) is 0 Å². The molecule has 8 heteroatoms. The Morgan fingerprint density at radius 2 is 1.88 bits per heavy atom. The second-order valence-corrected chi connectivity index (χ2v) is 9.07. The summed E-state index contributed by atoms with van der Waals surface area (Å²) >= 11 is 0. The number of nitrogens with one attached hydrogen (secondary N) is 1. The minimum absolute atomic E-state index is 0.122. The van der Waals surface area contributed by atoms with Crippen LogP contribution in [-0.2, 0) is 30.3 Å². The average Bonchev–Trinajstić information content (AvgIpc) is 3.27. The maximum atomic E-state index is 13.5. The highest BCUT2D eigenvalue weighted by Crippen LogP contribution is 2.24. The normalized spacial score (nSPS) is 29.8. The number of fused-ring (bicyclic) bond motifs is 1. The number of carbonyl (C=O) groups excluding carboxylic acids is 4. The van der Waals surface area contributed by atoms with Crippen LogP contribution in [0.25, 0.3) is 0 Å². The monoisotopic (exact) mass is 458 g/mol. The summed E-state index contributed by atoms with van der Waals surface area (Å²) < 4.78 is 5.71. The summed E-state index contributed by atoms with van der Waals surface area (Å²) in [5.74, 6) is -2.82. The number of amides is 2. The van der Waals surface area contributed by atoms with Crippen LogP contribution in [0.1, 0.15) is 57.9 Å². The zero-order valence-corrected chi connectivity index (χ0v) is 19.4. The molecule has 2 saturated heterocycles. The van der Waals surface area contributed by atoms with E-state index in [0.29, 0.717) is 25.8 Å². The molecule has 8 nitrogen and oxygen atoms in total. The summed E-state index contributed by atoms with van der Waals surface area (Å²) in [6.07, 6.45) is 1.03. The van der Waals surface area contributed by atoms with Gasteiger partial charge in [0.2, 0.25) is 11.8 Å². The van der Waals surface area contributed by atoms with E-state index in [2.05, 4.69) is 5.32 Å². The Morgan fingerprint density at radius 3 is 2.58 bits per heavy atom. The number of nitrogens with zero attached hydrogens (tertiary/aromatic N) is 1. The van der Waals surface area contributed by atoms with Crippen molar-refractivity contribution in [3.63, 3.8) is 0 Å². The molecule has 4 unspecified atom stereocenters. The van der Waals surface area contributed by atoms with E-state index in [1.165, 1.54) is 11.8 Å². The van der Waals surface area contributed by atoms with Crippen molar-refractivity contribution in [3.05, 3.63) is 35.9 Å². The zero-order chi connectivity index (χ0) is 24.0. The minimum atomic E-state index is -1.01. The van der Waals surface area contributed by atoms with Crippen LogP contribution in [0.4, 0.5) is 0 Å². The highest BCUT2D eigenvalue weighted by Gasteiger charge is 2.40. The van der Waals surface area contributed by atoms with Crippen molar-refractivity contribution >= 4 is 23.6 Å². The highest BCUT2D eigenvalue weighted by atomic mass is 16.5.